The molecule has 1 fully saturated rings. The number of benzene rings is 1. The number of nitrogens with one attached hydrogen (secondary N) is 1. The van der Waals surface area contributed by atoms with E-state index in [0.29, 0.717) is 17.5 Å². The molecule has 11 nitrogen and oxygen atoms in total. The van der Waals surface area contributed by atoms with Gasteiger partial charge in [0.2, 0.25) is 17.7 Å². The zero-order chi connectivity index (χ0) is 24.0. The van der Waals surface area contributed by atoms with E-state index < -0.39 is 24.3 Å². The first-order valence-corrected chi connectivity index (χ1v) is 11.0. The summed E-state index contributed by atoms with van der Waals surface area (Å²) >= 11 is 0. The molecule has 0 aliphatic carbocycles. The Bertz CT molecular complexity index is 1360. The van der Waals surface area contributed by atoms with E-state index in [0.717, 1.165) is 22.2 Å². The monoisotopic (exact) mass is 463 g/mol. The second-order valence-electron chi connectivity index (χ2n) is 8.40. The summed E-state index contributed by atoms with van der Waals surface area (Å²) < 4.78 is 12.7. The number of cyclic esters (lactones) is 1. The van der Waals surface area contributed by atoms with Gasteiger partial charge < -0.3 is 24.3 Å². The first-order valence-electron chi connectivity index (χ1n) is 11.0. The van der Waals surface area contributed by atoms with Crippen LogP contribution in [0.25, 0.3) is 22.3 Å². The van der Waals surface area contributed by atoms with E-state index in [1.807, 2.05) is 26.1 Å². The molecule has 0 radical (unpaired) electrons. The van der Waals surface area contributed by atoms with Gasteiger partial charge in [-0.25, -0.2) is 9.78 Å². The molecule has 4 aromatic rings. The number of ether oxygens (including phenoxy) is 1. The van der Waals surface area contributed by atoms with Crippen LogP contribution in [0.4, 0.5) is 16.6 Å². The van der Waals surface area contributed by atoms with E-state index in [1.165, 1.54) is 11.1 Å². The molecule has 1 amide bonds. The van der Waals surface area contributed by atoms with Crippen LogP contribution in [0.2, 0.25) is 0 Å². The fourth-order valence-corrected chi connectivity index (χ4v) is 4.07. The molecule has 1 saturated heterocycles. The topological polar surface area (TPSA) is 131 Å². The Hall–Kier alpha value is -3.99. The number of carbonyl (C=O) groups is 1. The molecule has 3 atom stereocenters. The number of amides is 1. The molecule has 0 spiro atoms. The van der Waals surface area contributed by atoms with E-state index in [9.17, 15) is 9.90 Å². The van der Waals surface area contributed by atoms with Gasteiger partial charge in [0.05, 0.1) is 6.10 Å². The van der Waals surface area contributed by atoms with Crippen LogP contribution >= 0.6 is 0 Å². The fourth-order valence-electron chi connectivity index (χ4n) is 4.07. The van der Waals surface area contributed by atoms with Crippen molar-refractivity contribution >= 4 is 28.8 Å². The molecule has 2 N–H and O–H groups in total. The molecule has 176 valence electrons. The number of aliphatic hydroxyl groups is 1. The zero-order valence-electron chi connectivity index (χ0n) is 19.3. The van der Waals surface area contributed by atoms with Crippen molar-refractivity contribution in [2.45, 2.75) is 39.0 Å². The number of fused-ring (bicyclic) bond motifs is 1. The first-order chi connectivity index (χ1) is 16.3. The van der Waals surface area contributed by atoms with Crippen molar-refractivity contribution in [3.8, 4) is 11.4 Å². The van der Waals surface area contributed by atoms with Gasteiger partial charge in [0.1, 0.15) is 24.5 Å². The number of aliphatic hydroxyl groups excluding tert-OH is 1. The lowest BCUT2D eigenvalue weighted by atomic mass is 10.1. The van der Waals surface area contributed by atoms with E-state index in [1.54, 1.807) is 13.0 Å². The van der Waals surface area contributed by atoms with Crippen LogP contribution in [-0.4, -0.2) is 54.6 Å². The van der Waals surface area contributed by atoms with Crippen LogP contribution < -0.4 is 10.2 Å². The smallest absolute Gasteiger partial charge is 0.416 e. The van der Waals surface area contributed by atoms with E-state index >= 15 is 0 Å². The summed E-state index contributed by atoms with van der Waals surface area (Å²) in [6, 6.07) is 8.77. The highest BCUT2D eigenvalue weighted by atomic mass is 16.6. The van der Waals surface area contributed by atoms with Gasteiger partial charge in [0.15, 0.2) is 0 Å². The fraction of sp³-hybridized carbons (Fsp3) is 0.348. The Balaban J connectivity index is 1.38. The van der Waals surface area contributed by atoms with Crippen LogP contribution in [0.5, 0.6) is 0 Å². The van der Waals surface area contributed by atoms with Crippen molar-refractivity contribution in [1.82, 2.24) is 24.7 Å². The molecule has 5 rings (SSSR count). The Morgan fingerprint density at radius 2 is 2.06 bits per heavy atom. The number of rotatable bonds is 6. The molecule has 3 aromatic heterocycles. The number of carbonyl (C=O) groups excluding carboxylic acids is 1. The van der Waals surface area contributed by atoms with Gasteiger partial charge in [-0.05, 0) is 39.0 Å². The lowest BCUT2D eigenvalue weighted by Crippen LogP contribution is -2.41. The van der Waals surface area contributed by atoms with Crippen molar-refractivity contribution in [2.24, 2.45) is 7.05 Å². The summed E-state index contributed by atoms with van der Waals surface area (Å²) in [7, 11) is 2.02. The van der Waals surface area contributed by atoms with Crippen molar-refractivity contribution in [3.05, 3.63) is 48.1 Å². The predicted octanol–water partition coefficient (Wildman–Crippen LogP) is 3.21. The maximum atomic E-state index is 12.2. The third-order valence-corrected chi connectivity index (χ3v) is 6.08. The van der Waals surface area contributed by atoms with Crippen LogP contribution in [0.1, 0.15) is 31.5 Å². The average molecular weight is 463 g/mol. The van der Waals surface area contributed by atoms with Crippen LogP contribution in [-0.2, 0) is 11.8 Å². The Labute approximate surface area is 195 Å². The van der Waals surface area contributed by atoms with E-state index in [4.69, 9.17) is 9.26 Å². The third-order valence-electron chi connectivity index (χ3n) is 6.08. The van der Waals surface area contributed by atoms with Crippen molar-refractivity contribution in [2.75, 3.05) is 16.8 Å². The maximum Gasteiger partial charge on any atom is 0.416 e. The number of anilines is 2. The third kappa shape index (κ3) is 3.73. The van der Waals surface area contributed by atoms with Gasteiger partial charge in [-0.3, -0.25) is 4.90 Å². The number of hydrogen-bond acceptors (Lipinski definition) is 9. The Kier molecular flexibility index (Phi) is 5.40. The molecular formula is C23H25N7O4. The minimum Gasteiger partial charge on any atom is -0.447 e. The molecule has 0 saturated carbocycles. The predicted molar refractivity (Wildman–Crippen MR) is 124 cm³/mol. The molecule has 1 aliphatic heterocycles. The van der Waals surface area contributed by atoms with E-state index in [2.05, 4.69) is 49.0 Å². The van der Waals surface area contributed by atoms with E-state index in [-0.39, 0.29) is 12.6 Å². The summed E-state index contributed by atoms with van der Waals surface area (Å²) in [6.45, 7) is 5.60. The second-order valence-corrected chi connectivity index (χ2v) is 8.40. The summed E-state index contributed by atoms with van der Waals surface area (Å²) in [5, 5.41) is 18.4. The van der Waals surface area contributed by atoms with Crippen molar-refractivity contribution in [1.29, 1.82) is 0 Å². The number of aryl methyl sites for hydroxylation is 2. The Morgan fingerprint density at radius 1 is 1.24 bits per heavy atom. The van der Waals surface area contributed by atoms with Crippen molar-refractivity contribution in [3.63, 3.8) is 0 Å². The SMILES string of the molecule is Cc1cc2c(-c3noc([C@H](C)Nc4nccc(N5C(=O)OC[C@@H]5[C@@H](C)O)n4)n3)cccc2n1C. The molecule has 34 heavy (non-hydrogen) atoms. The highest BCUT2D eigenvalue weighted by molar-refractivity contribution is 5.94. The van der Waals surface area contributed by atoms with Crippen LogP contribution in [0.15, 0.2) is 41.1 Å². The normalized spacial score (nSPS) is 17.7. The minimum absolute atomic E-state index is 0.0954. The quantitative estimate of drug-likeness (QED) is 0.442. The molecule has 1 aliphatic rings. The summed E-state index contributed by atoms with van der Waals surface area (Å²) in [5.74, 6) is 1.47. The minimum atomic E-state index is -0.772. The average Bonchev–Trinajstić information content (AvgIpc) is 3.52. The lowest BCUT2D eigenvalue weighted by Gasteiger charge is -2.22. The zero-order valence-corrected chi connectivity index (χ0v) is 19.3. The Morgan fingerprint density at radius 3 is 2.85 bits per heavy atom. The van der Waals surface area contributed by atoms with Crippen molar-refractivity contribution < 1.29 is 19.2 Å². The van der Waals surface area contributed by atoms with Gasteiger partial charge in [0.25, 0.3) is 0 Å². The van der Waals surface area contributed by atoms with Gasteiger partial charge in [-0.2, -0.15) is 9.97 Å². The maximum absolute atomic E-state index is 12.2. The van der Waals surface area contributed by atoms with Gasteiger partial charge >= 0.3 is 6.09 Å². The number of aromatic nitrogens is 5. The molecule has 0 unspecified atom stereocenters. The van der Waals surface area contributed by atoms with Gasteiger partial charge in [-0.15, -0.1) is 0 Å². The summed E-state index contributed by atoms with van der Waals surface area (Å²) in [5.41, 5.74) is 3.12. The van der Waals surface area contributed by atoms with Crippen LogP contribution in [0, 0.1) is 6.92 Å². The highest BCUT2D eigenvalue weighted by Crippen LogP contribution is 2.30. The largest absolute Gasteiger partial charge is 0.447 e. The lowest BCUT2D eigenvalue weighted by molar-refractivity contribution is 0.142. The summed E-state index contributed by atoms with van der Waals surface area (Å²) in [4.78, 5) is 26.7. The van der Waals surface area contributed by atoms with Crippen LogP contribution in [0.3, 0.4) is 0 Å². The number of hydrogen-bond donors (Lipinski definition) is 2. The first kappa shape index (κ1) is 21.8. The second kappa shape index (κ2) is 8.41. The number of nitrogens with zero attached hydrogens (tertiary/aromatic N) is 6. The molecule has 0 bridgehead atoms. The molecular weight excluding hydrogens is 438 g/mol. The van der Waals surface area contributed by atoms with Gasteiger partial charge in [0, 0.05) is 35.4 Å². The molecule has 1 aromatic carbocycles. The molecule has 4 heterocycles. The standard InChI is InChI=1S/C23H25N7O4/c1-12-10-16-15(6-5-7-17(16)29(12)4)20-27-21(34-28-20)13(2)25-22-24-9-8-19(26-22)30-18(14(3)31)11-33-23(30)32/h5-10,13-14,18,31H,11H2,1-4H3,(H,24,25,26)/t13-,14+,18+/m0/s1. The highest BCUT2D eigenvalue weighted by Gasteiger charge is 2.38. The van der Waals surface area contributed by atoms with Gasteiger partial charge in [-0.1, -0.05) is 17.3 Å². The summed E-state index contributed by atoms with van der Waals surface area (Å²) in [6.07, 6.45) is 0.196. The molecule has 11 heteroatoms.